The predicted octanol–water partition coefficient (Wildman–Crippen LogP) is 1.86. The van der Waals surface area contributed by atoms with Gasteiger partial charge in [0.25, 0.3) is 0 Å². The van der Waals surface area contributed by atoms with Crippen LogP contribution < -0.4 is 5.73 Å². The molecule has 2 fully saturated rings. The molecular weight excluding hydrogens is 212 g/mol. The van der Waals surface area contributed by atoms with Crippen LogP contribution in [0.3, 0.4) is 0 Å². The lowest BCUT2D eigenvalue weighted by atomic mass is 9.85. The van der Waals surface area contributed by atoms with E-state index >= 15 is 0 Å². The van der Waals surface area contributed by atoms with Crippen molar-refractivity contribution < 1.29 is 4.74 Å². The van der Waals surface area contributed by atoms with E-state index in [2.05, 4.69) is 18.9 Å². The van der Waals surface area contributed by atoms with Crippen molar-refractivity contribution in [3.63, 3.8) is 0 Å². The number of nitrogens with two attached hydrogens (primary N) is 1. The van der Waals surface area contributed by atoms with E-state index < -0.39 is 0 Å². The molecule has 2 atom stereocenters. The summed E-state index contributed by atoms with van der Waals surface area (Å²) >= 11 is 0. The Labute approximate surface area is 106 Å². The van der Waals surface area contributed by atoms with Crippen LogP contribution >= 0.6 is 0 Å². The van der Waals surface area contributed by atoms with Gasteiger partial charge in [0.1, 0.15) is 0 Å². The summed E-state index contributed by atoms with van der Waals surface area (Å²) in [6, 6.07) is 1.27. The summed E-state index contributed by atoms with van der Waals surface area (Å²) in [6.45, 7) is 4.99. The Morgan fingerprint density at radius 2 is 1.94 bits per heavy atom. The minimum atomic E-state index is 0.524. The van der Waals surface area contributed by atoms with Crippen molar-refractivity contribution in [2.75, 3.05) is 26.8 Å². The second kappa shape index (κ2) is 6.17. The van der Waals surface area contributed by atoms with E-state index in [1.54, 1.807) is 0 Å². The highest BCUT2D eigenvalue weighted by Gasteiger charge is 2.32. The van der Waals surface area contributed by atoms with Crippen LogP contribution in [0.25, 0.3) is 0 Å². The Morgan fingerprint density at radius 1 is 1.24 bits per heavy atom. The molecule has 3 heteroatoms. The third-order valence-electron chi connectivity index (χ3n) is 4.84. The Bertz CT molecular complexity index is 220. The number of rotatable bonds is 4. The number of nitrogens with zero attached hydrogens (tertiary/aromatic N) is 1. The zero-order valence-electron chi connectivity index (χ0n) is 11.4. The zero-order valence-corrected chi connectivity index (χ0v) is 11.4. The van der Waals surface area contributed by atoms with Gasteiger partial charge in [-0.25, -0.2) is 0 Å². The zero-order chi connectivity index (χ0) is 12.3. The Balaban J connectivity index is 1.89. The van der Waals surface area contributed by atoms with Gasteiger partial charge in [0.05, 0.1) is 6.61 Å². The van der Waals surface area contributed by atoms with Gasteiger partial charge in [-0.2, -0.15) is 0 Å². The van der Waals surface area contributed by atoms with Gasteiger partial charge >= 0.3 is 0 Å². The van der Waals surface area contributed by atoms with Gasteiger partial charge in [-0.3, -0.25) is 4.90 Å². The molecule has 0 bridgehead atoms. The maximum absolute atomic E-state index is 5.99. The van der Waals surface area contributed by atoms with Gasteiger partial charge < -0.3 is 10.5 Å². The molecule has 1 aliphatic carbocycles. The lowest BCUT2D eigenvalue weighted by Crippen LogP contribution is -2.49. The fourth-order valence-corrected chi connectivity index (χ4v) is 3.47. The molecule has 2 rings (SSSR count). The summed E-state index contributed by atoms with van der Waals surface area (Å²) in [6.07, 6.45) is 6.65. The standard InChI is InChI=1S/C14H28N2O/c1-11-3-5-13(6-4-11)16(2)14(9-15)12-7-8-17-10-12/h11-14H,3-10,15H2,1-2H3. The Kier molecular flexibility index (Phi) is 4.83. The molecule has 0 aromatic heterocycles. The summed E-state index contributed by atoms with van der Waals surface area (Å²) in [5.41, 5.74) is 5.99. The number of hydrogen-bond donors (Lipinski definition) is 1. The van der Waals surface area contributed by atoms with Crippen LogP contribution in [0.15, 0.2) is 0 Å². The molecule has 1 aliphatic heterocycles. The highest BCUT2D eigenvalue weighted by molar-refractivity contribution is 4.86. The first kappa shape index (κ1) is 13.3. The summed E-state index contributed by atoms with van der Waals surface area (Å²) in [5, 5.41) is 0. The number of ether oxygens (including phenoxy) is 1. The quantitative estimate of drug-likeness (QED) is 0.815. The molecule has 0 radical (unpaired) electrons. The predicted molar refractivity (Wildman–Crippen MR) is 71.0 cm³/mol. The van der Waals surface area contributed by atoms with Crippen molar-refractivity contribution in [1.82, 2.24) is 4.90 Å². The second-order valence-electron chi connectivity index (χ2n) is 6.01. The van der Waals surface area contributed by atoms with Crippen molar-refractivity contribution in [2.45, 2.75) is 51.1 Å². The van der Waals surface area contributed by atoms with Gasteiger partial charge in [0.2, 0.25) is 0 Å². The van der Waals surface area contributed by atoms with Crippen molar-refractivity contribution in [1.29, 1.82) is 0 Å². The highest BCUT2D eigenvalue weighted by Crippen LogP contribution is 2.30. The molecule has 17 heavy (non-hydrogen) atoms. The first-order valence-corrected chi connectivity index (χ1v) is 7.22. The normalized spacial score (nSPS) is 36.4. The maximum Gasteiger partial charge on any atom is 0.0510 e. The molecule has 0 aromatic carbocycles. The summed E-state index contributed by atoms with van der Waals surface area (Å²) < 4.78 is 5.51. The molecule has 3 nitrogen and oxygen atoms in total. The molecule has 2 aliphatic rings. The van der Waals surface area contributed by atoms with E-state index in [9.17, 15) is 0 Å². The van der Waals surface area contributed by atoms with Crippen molar-refractivity contribution in [3.05, 3.63) is 0 Å². The van der Waals surface area contributed by atoms with Gasteiger partial charge in [0.15, 0.2) is 0 Å². The molecule has 1 heterocycles. The number of likely N-dealkylation sites (N-methyl/N-ethyl adjacent to an activating group) is 1. The first-order chi connectivity index (χ1) is 8.22. The molecule has 0 aromatic rings. The average molecular weight is 240 g/mol. The second-order valence-corrected chi connectivity index (χ2v) is 6.01. The fourth-order valence-electron chi connectivity index (χ4n) is 3.47. The van der Waals surface area contributed by atoms with Gasteiger partial charge in [-0.15, -0.1) is 0 Å². The lowest BCUT2D eigenvalue weighted by molar-refractivity contribution is 0.0834. The molecule has 2 unspecified atom stereocenters. The van der Waals surface area contributed by atoms with Crippen LogP contribution in [-0.2, 0) is 4.74 Å². The number of hydrogen-bond acceptors (Lipinski definition) is 3. The Morgan fingerprint density at radius 3 is 2.47 bits per heavy atom. The van der Waals surface area contributed by atoms with Crippen LogP contribution in [0.4, 0.5) is 0 Å². The monoisotopic (exact) mass is 240 g/mol. The molecule has 0 amide bonds. The molecule has 1 saturated heterocycles. The lowest BCUT2D eigenvalue weighted by Gasteiger charge is -2.40. The fraction of sp³-hybridized carbons (Fsp3) is 1.00. The van der Waals surface area contributed by atoms with Gasteiger partial charge in [0, 0.05) is 31.2 Å². The van der Waals surface area contributed by atoms with Crippen LogP contribution in [0, 0.1) is 11.8 Å². The Hall–Kier alpha value is -0.120. The van der Waals surface area contributed by atoms with Gasteiger partial charge in [-0.1, -0.05) is 6.92 Å². The molecule has 2 N–H and O–H groups in total. The van der Waals surface area contributed by atoms with Crippen LogP contribution in [0.1, 0.15) is 39.0 Å². The van der Waals surface area contributed by atoms with Crippen LogP contribution in [0.2, 0.25) is 0 Å². The van der Waals surface area contributed by atoms with E-state index in [0.717, 1.165) is 31.7 Å². The SMILES string of the molecule is CC1CCC(N(C)C(CN)C2CCOC2)CC1. The minimum absolute atomic E-state index is 0.524. The largest absolute Gasteiger partial charge is 0.381 e. The van der Waals surface area contributed by atoms with Gasteiger partial charge in [-0.05, 0) is 45.1 Å². The van der Waals surface area contributed by atoms with Crippen molar-refractivity contribution >= 4 is 0 Å². The summed E-state index contributed by atoms with van der Waals surface area (Å²) in [7, 11) is 2.27. The van der Waals surface area contributed by atoms with E-state index in [1.807, 2.05) is 0 Å². The first-order valence-electron chi connectivity index (χ1n) is 7.22. The summed E-state index contributed by atoms with van der Waals surface area (Å²) in [4.78, 5) is 2.56. The van der Waals surface area contributed by atoms with Crippen LogP contribution in [-0.4, -0.2) is 43.8 Å². The maximum atomic E-state index is 5.99. The molecular formula is C14H28N2O. The van der Waals surface area contributed by atoms with E-state index in [4.69, 9.17) is 10.5 Å². The molecule has 1 saturated carbocycles. The van der Waals surface area contributed by atoms with Crippen molar-refractivity contribution in [2.24, 2.45) is 17.6 Å². The van der Waals surface area contributed by atoms with E-state index in [-0.39, 0.29) is 0 Å². The third kappa shape index (κ3) is 3.21. The van der Waals surface area contributed by atoms with E-state index in [0.29, 0.717) is 12.0 Å². The third-order valence-corrected chi connectivity index (χ3v) is 4.84. The topological polar surface area (TPSA) is 38.5 Å². The smallest absolute Gasteiger partial charge is 0.0510 e. The minimum Gasteiger partial charge on any atom is -0.381 e. The molecule has 100 valence electrons. The average Bonchev–Trinajstić information content (AvgIpc) is 2.84. The highest BCUT2D eigenvalue weighted by atomic mass is 16.5. The van der Waals surface area contributed by atoms with Crippen molar-refractivity contribution in [3.8, 4) is 0 Å². The summed E-state index contributed by atoms with van der Waals surface area (Å²) in [5.74, 6) is 1.58. The van der Waals surface area contributed by atoms with Crippen LogP contribution in [0.5, 0.6) is 0 Å². The molecule has 0 spiro atoms. The van der Waals surface area contributed by atoms with E-state index in [1.165, 1.54) is 32.1 Å².